The van der Waals surface area contributed by atoms with Crippen molar-refractivity contribution in [1.29, 1.82) is 0 Å². The fraction of sp³-hybridized carbons (Fsp3) is 0.346. The quantitative estimate of drug-likeness (QED) is 0.462. The topological polar surface area (TPSA) is 55.5 Å². The van der Waals surface area contributed by atoms with Crippen LogP contribution in [0.1, 0.15) is 29.8 Å². The second-order valence-corrected chi connectivity index (χ2v) is 9.27. The van der Waals surface area contributed by atoms with Crippen molar-refractivity contribution in [3.05, 3.63) is 71.6 Å². The summed E-state index contributed by atoms with van der Waals surface area (Å²) in [5.41, 5.74) is 6.11. The van der Waals surface area contributed by atoms with Gasteiger partial charge in [-0.1, -0.05) is 12.1 Å². The fourth-order valence-electron chi connectivity index (χ4n) is 5.68. The molecule has 1 aliphatic heterocycles. The van der Waals surface area contributed by atoms with E-state index in [4.69, 9.17) is 9.72 Å². The summed E-state index contributed by atoms with van der Waals surface area (Å²) in [5, 5.41) is 4.58. The van der Waals surface area contributed by atoms with Crippen LogP contribution in [-0.2, 0) is 12.8 Å². The number of ether oxygens (including phenoxy) is 1. The van der Waals surface area contributed by atoms with E-state index in [1.54, 1.807) is 12.3 Å². The van der Waals surface area contributed by atoms with Crippen LogP contribution in [0.2, 0.25) is 0 Å². The van der Waals surface area contributed by atoms with E-state index in [0.717, 1.165) is 61.5 Å². The van der Waals surface area contributed by atoms with Crippen molar-refractivity contribution in [2.75, 3.05) is 25.1 Å². The van der Waals surface area contributed by atoms with Gasteiger partial charge in [-0.3, -0.25) is 4.98 Å². The molecule has 1 aliphatic carbocycles. The average molecular weight is 444 g/mol. The molecule has 1 saturated heterocycles. The van der Waals surface area contributed by atoms with Gasteiger partial charge in [0.05, 0.1) is 24.7 Å². The first-order valence-electron chi connectivity index (χ1n) is 11.4. The van der Waals surface area contributed by atoms with Crippen molar-refractivity contribution in [2.24, 2.45) is 5.41 Å². The number of aryl methyl sites for hydroxylation is 1. The maximum atomic E-state index is 14.4. The minimum atomic E-state index is -0.396. The first kappa shape index (κ1) is 20.1. The summed E-state index contributed by atoms with van der Waals surface area (Å²) in [7, 11) is 1.49. The first-order chi connectivity index (χ1) is 16.1. The summed E-state index contributed by atoms with van der Waals surface area (Å²) < 4.78 is 21.7. The highest BCUT2D eigenvalue weighted by atomic mass is 19.1. The van der Waals surface area contributed by atoms with Crippen molar-refractivity contribution >= 4 is 11.3 Å². The number of nitrogens with zero attached hydrogens (tertiary/aromatic N) is 5. The standard InChI is InChI=1S/C26H26FN5O/c1-17-23(19-6-3-7-20(27)24(19)33-2)32-22(8-12-29-32)25(30-17)31-13-9-26(10-14-31)15-18-5-4-11-28-21(18)16-26/h3-8,11-12H,9-10,13-16H2,1-2H3. The predicted molar refractivity (Wildman–Crippen MR) is 125 cm³/mol. The van der Waals surface area contributed by atoms with Gasteiger partial charge in [-0.15, -0.1) is 0 Å². The number of hydrogen-bond acceptors (Lipinski definition) is 5. The molecule has 3 aromatic heterocycles. The number of benzene rings is 1. The van der Waals surface area contributed by atoms with Crippen molar-refractivity contribution in [3.8, 4) is 17.0 Å². The highest BCUT2D eigenvalue weighted by Crippen LogP contribution is 2.45. The monoisotopic (exact) mass is 443 g/mol. The Balaban J connectivity index is 1.34. The Morgan fingerprint density at radius 1 is 1.03 bits per heavy atom. The van der Waals surface area contributed by atoms with E-state index in [2.05, 4.69) is 21.0 Å². The van der Waals surface area contributed by atoms with Gasteiger partial charge in [0.15, 0.2) is 17.4 Å². The Bertz CT molecular complexity index is 1330. The number of methoxy groups -OCH3 is 1. The molecule has 4 heterocycles. The molecule has 2 aliphatic rings. The third kappa shape index (κ3) is 3.17. The number of pyridine rings is 1. The van der Waals surface area contributed by atoms with E-state index in [-0.39, 0.29) is 5.75 Å². The largest absolute Gasteiger partial charge is 0.493 e. The molecule has 0 N–H and O–H groups in total. The van der Waals surface area contributed by atoms with Gasteiger partial charge in [0.1, 0.15) is 5.52 Å². The van der Waals surface area contributed by atoms with Crippen LogP contribution in [0.4, 0.5) is 10.2 Å². The number of halogens is 1. The van der Waals surface area contributed by atoms with Gasteiger partial charge < -0.3 is 9.64 Å². The number of anilines is 1. The van der Waals surface area contributed by atoms with E-state index < -0.39 is 5.82 Å². The minimum Gasteiger partial charge on any atom is -0.493 e. The molecule has 1 fully saturated rings. The first-order valence-corrected chi connectivity index (χ1v) is 11.4. The molecule has 33 heavy (non-hydrogen) atoms. The van der Waals surface area contributed by atoms with E-state index >= 15 is 0 Å². The van der Waals surface area contributed by atoms with Crippen LogP contribution in [0.5, 0.6) is 5.75 Å². The number of fused-ring (bicyclic) bond motifs is 2. The second kappa shape index (κ2) is 7.54. The van der Waals surface area contributed by atoms with Crippen LogP contribution in [-0.4, -0.2) is 39.8 Å². The molecule has 1 aromatic carbocycles. The van der Waals surface area contributed by atoms with Crippen LogP contribution in [0.25, 0.3) is 16.8 Å². The van der Waals surface area contributed by atoms with E-state index in [1.165, 1.54) is 24.4 Å². The minimum absolute atomic E-state index is 0.210. The van der Waals surface area contributed by atoms with Crippen LogP contribution in [0, 0.1) is 18.2 Å². The maximum absolute atomic E-state index is 14.4. The van der Waals surface area contributed by atoms with Crippen molar-refractivity contribution in [3.63, 3.8) is 0 Å². The SMILES string of the molecule is COc1c(F)cccc1-c1c(C)nc(N2CCC3(CC2)Cc2cccnc2C3)c2ccnn12. The highest BCUT2D eigenvalue weighted by molar-refractivity contribution is 5.78. The molecule has 6 rings (SSSR count). The summed E-state index contributed by atoms with van der Waals surface area (Å²) in [6, 6.07) is 11.2. The zero-order valence-corrected chi connectivity index (χ0v) is 18.9. The molecule has 0 radical (unpaired) electrons. The highest BCUT2D eigenvalue weighted by Gasteiger charge is 2.41. The zero-order valence-electron chi connectivity index (χ0n) is 18.9. The molecule has 4 aromatic rings. The van der Waals surface area contributed by atoms with E-state index in [0.29, 0.717) is 11.0 Å². The average Bonchev–Trinajstić information content (AvgIpc) is 3.44. The lowest BCUT2D eigenvalue weighted by Crippen LogP contribution is -2.41. The van der Waals surface area contributed by atoms with Gasteiger partial charge in [-0.25, -0.2) is 13.9 Å². The molecule has 0 atom stereocenters. The molecule has 7 heteroatoms. The molecular weight excluding hydrogens is 417 g/mol. The molecule has 0 amide bonds. The third-order valence-corrected chi connectivity index (χ3v) is 7.34. The normalized spacial score (nSPS) is 17.0. The number of rotatable bonds is 3. The lowest BCUT2D eigenvalue weighted by Gasteiger charge is -2.40. The van der Waals surface area contributed by atoms with Gasteiger partial charge in [-0.05, 0) is 67.9 Å². The fourth-order valence-corrected chi connectivity index (χ4v) is 5.68. The molecule has 0 saturated carbocycles. The summed E-state index contributed by atoms with van der Waals surface area (Å²) in [4.78, 5) is 12.0. The smallest absolute Gasteiger partial charge is 0.165 e. The molecule has 0 unspecified atom stereocenters. The lowest BCUT2D eigenvalue weighted by molar-refractivity contribution is 0.231. The molecular formula is C26H26FN5O. The number of aromatic nitrogens is 4. The van der Waals surface area contributed by atoms with Crippen molar-refractivity contribution in [1.82, 2.24) is 19.6 Å². The van der Waals surface area contributed by atoms with Crippen molar-refractivity contribution < 1.29 is 9.13 Å². The third-order valence-electron chi connectivity index (χ3n) is 7.34. The summed E-state index contributed by atoms with van der Waals surface area (Å²) >= 11 is 0. The van der Waals surface area contributed by atoms with Gasteiger partial charge >= 0.3 is 0 Å². The maximum Gasteiger partial charge on any atom is 0.165 e. The molecule has 1 spiro atoms. The number of para-hydroxylation sites is 1. The second-order valence-electron chi connectivity index (χ2n) is 9.27. The Morgan fingerprint density at radius 3 is 2.67 bits per heavy atom. The van der Waals surface area contributed by atoms with Crippen molar-refractivity contribution in [2.45, 2.75) is 32.6 Å². The number of piperidine rings is 1. The Labute approximate surface area is 192 Å². The van der Waals surface area contributed by atoms with Gasteiger partial charge in [0.25, 0.3) is 0 Å². The van der Waals surface area contributed by atoms with Crippen LogP contribution in [0.15, 0.2) is 48.8 Å². The van der Waals surface area contributed by atoms with Gasteiger partial charge in [-0.2, -0.15) is 5.10 Å². The van der Waals surface area contributed by atoms with Gasteiger partial charge in [0.2, 0.25) is 0 Å². The van der Waals surface area contributed by atoms with E-state index in [1.807, 2.05) is 35.8 Å². The zero-order chi connectivity index (χ0) is 22.6. The van der Waals surface area contributed by atoms with E-state index in [9.17, 15) is 4.39 Å². The number of hydrogen-bond donors (Lipinski definition) is 0. The van der Waals surface area contributed by atoms with Gasteiger partial charge in [0, 0.05) is 30.5 Å². The lowest BCUT2D eigenvalue weighted by atomic mass is 9.76. The summed E-state index contributed by atoms with van der Waals surface area (Å²) in [5.74, 6) is 0.751. The van der Waals surface area contributed by atoms with Crippen LogP contribution < -0.4 is 9.64 Å². The Morgan fingerprint density at radius 2 is 1.88 bits per heavy atom. The van der Waals surface area contributed by atoms with Crippen LogP contribution in [0.3, 0.4) is 0 Å². The molecule has 0 bridgehead atoms. The molecule has 6 nitrogen and oxygen atoms in total. The Kier molecular flexibility index (Phi) is 4.60. The predicted octanol–water partition coefficient (Wildman–Crippen LogP) is 4.63. The van der Waals surface area contributed by atoms with Crippen LogP contribution >= 0.6 is 0 Å². The summed E-state index contributed by atoms with van der Waals surface area (Å²) in [6.07, 6.45) is 8.11. The Hall–Kier alpha value is -3.48. The summed E-state index contributed by atoms with van der Waals surface area (Å²) in [6.45, 7) is 3.85. The molecule has 168 valence electrons.